The van der Waals surface area contributed by atoms with Gasteiger partial charge in [0, 0.05) is 38.7 Å². The van der Waals surface area contributed by atoms with Crippen LogP contribution in [0.25, 0.3) is 0 Å². The van der Waals surface area contributed by atoms with Crippen molar-refractivity contribution in [2.75, 3.05) is 36.5 Å². The normalized spacial score (nSPS) is 21.2. The summed E-state index contributed by atoms with van der Waals surface area (Å²) in [6.07, 6.45) is 1.81. The molecule has 0 aromatic carbocycles. The minimum atomic E-state index is 0.0401. The Labute approximate surface area is 123 Å². The fourth-order valence-corrected chi connectivity index (χ4v) is 2.87. The number of carbonyl (C=O) groups excluding carboxylic acids is 1. The number of fused-ring (bicyclic) bond motifs is 1. The summed E-state index contributed by atoms with van der Waals surface area (Å²) in [5, 5.41) is 2.88. The van der Waals surface area contributed by atoms with Gasteiger partial charge >= 0.3 is 6.03 Å². The highest BCUT2D eigenvalue weighted by Gasteiger charge is 2.35. The monoisotopic (exact) mass is 291 g/mol. The lowest BCUT2D eigenvalue weighted by molar-refractivity contribution is 0.197. The van der Waals surface area contributed by atoms with Gasteiger partial charge in [0.15, 0.2) is 0 Å². The van der Waals surface area contributed by atoms with Crippen LogP contribution in [0.2, 0.25) is 0 Å². The molecule has 4 N–H and O–H groups in total. The number of amides is 2. The van der Waals surface area contributed by atoms with Crippen LogP contribution in [0.1, 0.15) is 19.2 Å². The van der Waals surface area contributed by atoms with Crippen molar-refractivity contribution in [3.05, 3.63) is 11.9 Å². The molecule has 2 fully saturated rings. The number of urea groups is 1. The second-order valence-corrected chi connectivity index (χ2v) is 5.40. The van der Waals surface area contributed by atoms with Crippen LogP contribution in [-0.4, -0.2) is 53.1 Å². The number of carbonyl (C=O) groups is 1. The molecule has 8 heteroatoms. The lowest BCUT2D eigenvalue weighted by atomic mass is 10.2. The van der Waals surface area contributed by atoms with Crippen molar-refractivity contribution in [1.82, 2.24) is 20.2 Å². The van der Waals surface area contributed by atoms with E-state index in [0.717, 1.165) is 44.1 Å². The molecule has 0 radical (unpaired) electrons. The molecule has 0 saturated carbocycles. The summed E-state index contributed by atoms with van der Waals surface area (Å²) < 4.78 is 0. The van der Waals surface area contributed by atoms with Crippen LogP contribution in [-0.2, 0) is 6.42 Å². The highest BCUT2D eigenvalue weighted by atomic mass is 16.2. The highest BCUT2D eigenvalue weighted by molar-refractivity contribution is 5.77. The van der Waals surface area contributed by atoms with E-state index < -0.39 is 0 Å². The standard InChI is InChI=1S/C13H21N7O/c1-2-3-10-16-11(18-14)6-12(17-10)19-4-5-20-9(8-19)7-15-13(20)21/h6,9H,2-5,7-8,14H2,1H3,(H,15,21)(H,16,17,18). The molecule has 1 unspecified atom stereocenters. The van der Waals surface area contributed by atoms with Crippen LogP contribution in [0, 0.1) is 0 Å². The van der Waals surface area contributed by atoms with Gasteiger partial charge in [0.05, 0.1) is 6.04 Å². The van der Waals surface area contributed by atoms with Gasteiger partial charge in [-0.15, -0.1) is 0 Å². The molecular formula is C13H21N7O. The van der Waals surface area contributed by atoms with Crippen LogP contribution in [0.15, 0.2) is 6.07 Å². The number of nitrogens with one attached hydrogen (secondary N) is 2. The average Bonchev–Trinajstić information content (AvgIpc) is 2.88. The van der Waals surface area contributed by atoms with Gasteiger partial charge in [-0.2, -0.15) is 0 Å². The van der Waals surface area contributed by atoms with Crippen LogP contribution in [0.3, 0.4) is 0 Å². The summed E-state index contributed by atoms with van der Waals surface area (Å²) in [4.78, 5) is 24.7. The van der Waals surface area contributed by atoms with Crippen molar-refractivity contribution in [2.45, 2.75) is 25.8 Å². The molecule has 3 rings (SSSR count). The summed E-state index contributed by atoms with van der Waals surface area (Å²) in [5.74, 6) is 7.80. The number of nitrogens with zero attached hydrogens (tertiary/aromatic N) is 4. The molecule has 0 spiro atoms. The van der Waals surface area contributed by atoms with Crippen LogP contribution >= 0.6 is 0 Å². The Hall–Kier alpha value is -2.09. The smallest absolute Gasteiger partial charge is 0.317 e. The van der Waals surface area contributed by atoms with Gasteiger partial charge in [-0.25, -0.2) is 20.6 Å². The van der Waals surface area contributed by atoms with E-state index in [4.69, 9.17) is 5.84 Å². The van der Waals surface area contributed by atoms with E-state index in [1.807, 2.05) is 11.0 Å². The van der Waals surface area contributed by atoms with E-state index in [-0.39, 0.29) is 12.1 Å². The average molecular weight is 291 g/mol. The molecule has 1 aromatic rings. The zero-order valence-corrected chi connectivity index (χ0v) is 12.2. The largest absolute Gasteiger partial charge is 0.353 e. The molecule has 3 heterocycles. The number of hydrogen-bond acceptors (Lipinski definition) is 6. The zero-order valence-electron chi connectivity index (χ0n) is 12.2. The summed E-state index contributed by atoms with van der Waals surface area (Å²) >= 11 is 0. The molecule has 114 valence electrons. The van der Waals surface area contributed by atoms with Gasteiger partial charge in [-0.05, 0) is 6.42 Å². The minimum Gasteiger partial charge on any atom is -0.353 e. The molecule has 2 aliphatic heterocycles. The number of piperazine rings is 1. The molecule has 1 atom stereocenters. The first-order valence-corrected chi connectivity index (χ1v) is 7.35. The number of nitrogen functional groups attached to an aromatic ring is 1. The first-order valence-electron chi connectivity index (χ1n) is 7.35. The SMILES string of the molecule is CCCc1nc(NN)cc(N2CCN3C(=O)NCC3C2)n1. The summed E-state index contributed by atoms with van der Waals surface area (Å²) in [6.45, 7) is 5.07. The molecule has 2 amide bonds. The Morgan fingerprint density at radius 3 is 3.10 bits per heavy atom. The molecule has 0 aliphatic carbocycles. The second-order valence-electron chi connectivity index (χ2n) is 5.40. The number of anilines is 2. The van der Waals surface area contributed by atoms with Gasteiger partial charge < -0.3 is 20.5 Å². The highest BCUT2D eigenvalue weighted by Crippen LogP contribution is 2.21. The molecular weight excluding hydrogens is 270 g/mol. The quantitative estimate of drug-likeness (QED) is 0.530. The third-order valence-electron chi connectivity index (χ3n) is 3.94. The van der Waals surface area contributed by atoms with Crippen molar-refractivity contribution in [3.63, 3.8) is 0 Å². The number of hydrazine groups is 1. The lowest BCUT2D eigenvalue weighted by Crippen LogP contribution is -2.52. The number of nitrogens with two attached hydrogens (primary N) is 1. The summed E-state index contributed by atoms with van der Waals surface area (Å²) in [6, 6.07) is 2.11. The fraction of sp³-hybridized carbons (Fsp3) is 0.615. The Balaban J connectivity index is 1.80. The fourth-order valence-electron chi connectivity index (χ4n) is 2.87. The van der Waals surface area contributed by atoms with Gasteiger partial charge in [-0.3, -0.25) is 0 Å². The number of aromatic nitrogens is 2. The maximum Gasteiger partial charge on any atom is 0.317 e. The van der Waals surface area contributed by atoms with Crippen molar-refractivity contribution < 1.29 is 4.79 Å². The third kappa shape index (κ3) is 2.71. The van der Waals surface area contributed by atoms with Crippen LogP contribution in [0.5, 0.6) is 0 Å². The zero-order chi connectivity index (χ0) is 14.8. The Bertz CT molecular complexity index is 535. The van der Waals surface area contributed by atoms with E-state index in [1.165, 1.54) is 0 Å². The van der Waals surface area contributed by atoms with Crippen molar-refractivity contribution in [1.29, 1.82) is 0 Å². The Morgan fingerprint density at radius 2 is 2.33 bits per heavy atom. The second kappa shape index (κ2) is 5.72. The van der Waals surface area contributed by atoms with Crippen molar-refractivity contribution in [2.24, 2.45) is 5.84 Å². The van der Waals surface area contributed by atoms with Gasteiger partial charge in [0.2, 0.25) is 0 Å². The van der Waals surface area contributed by atoms with E-state index in [1.54, 1.807) is 0 Å². The first kappa shape index (κ1) is 13.9. The molecule has 21 heavy (non-hydrogen) atoms. The predicted octanol–water partition coefficient (Wildman–Crippen LogP) is -0.0715. The predicted molar refractivity (Wildman–Crippen MR) is 79.9 cm³/mol. The molecule has 2 aliphatic rings. The van der Waals surface area contributed by atoms with Gasteiger partial charge in [0.1, 0.15) is 17.5 Å². The maximum atomic E-state index is 11.6. The third-order valence-corrected chi connectivity index (χ3v) is 3.94. The van der Waals surface area contributed by atoms with E-state index in [0.29, 0.717) is 12.4 Å². The first-order chi connectivity index (χ1) is 10.2. The topological polar surface area (TPSA) is 99.4 Å². The Morgan fingerprint density at radius 1 is 1.48 bits per heavy atom. The van der Waals surface area contributed by atoms with E-state index in [9.17, 15) is 4.79 Å². The van der Waals surface area contributed by atoms with Gasteiger partial charge in [0.25, 0.3) is 0 Å². The Kier molecular flexibility index (Phi) is 3.78. The lowest BCUT2D eigenvalue weighted by Gasteiger charge is -2.37. The van der Waals surface area contributed by atoms with Crippen LogP contribution in [0.4, 0.5) is 16.4 Å². The maximum absolute atomic E-state index is 11.6. The minimum absolute atomic E-state index is 0.0401. The number of aryl methyl sites for hydroxylation is 1. The van der Waals surface area contributed by atoms with E-state index in [2.05, 4.69) is 32.5 Å². The van der Waals surface area contributed by atoms with Crippen LogP contribution < -0.4 is 21.5 Å². The van der Waals surface area contributed by atoms with Gasteiger partial charge in [-0.1, -0.05) is 6.92 Å². The molecule has 2 saturated heterocycles. The number of rotatable bonds is 4. The molecule has 0 bridgehead atoms. The summed E-state index contributed by atoms with van der Waals surface area (Å²) in [5.41, 5.74) is 2.60. The number of hydrogen-bond donors (Lipinski definition) is 3. The molecule has 1 aromatic heterocycles. The van der Waals surface area contributed by atoms with E-state index >= 15 is 0 Å². The summed E-state index contributed by atoms with van der Waals surface area (Å²) in [7, 11) is 0. The van der Waals surface area contributed by atoms with Crippen molar-refractivity contribution in [3.8, 4) is 0 Å². The molecule has 8 nitrogen and oxygen atoms in total. The van der Waals surface area contributed by atoms with Crippen molar-refractivity contribution >= 4 is 17.7 Å².